The Bertz CT molecular complexity index is 1050. The predicted octanol–water partition coefficient (Wildman–Crippen LogP) is 3.60. The first-order chi connectivity index (χ1) is 11.4. The van der Waals surface area contributed by atoms with E-state index < -0.39 is 20.6 Å². The van der Waals surface area contributed by atoms with Crippen LogP contribution in [0.15, 0.2) is 59.6 Å². The van der Waals surface area contributed by atoms with Crippen LogP contribution in [0.2, 0.25) is 5.02 Å². The van der Waals surface area contributed by atoms with Crippen molar-refractivity contribution in [2.24, 2.45) is 0 Å². The molecule has 0 aliphatic heterocycles. The third kappa shape index (κ3) is 3.15. The summed E-state index contributed by atoms with van der Waals surface area (Å²) in [6.07, 6.45) is 1.38. The van der Waals surface area contributed by atoms with Crippen molar-refractivity contribution in [1.82, 2.24) is 4.98 Å². The van der Waals surface area contributed by atoms with Gasteiger partial charge in [-0.1, -0.05) is 29.8 Å². The first-order valence-corrected chi connectivity index (χ1v) is 8.54. The molecule has 3 rings (SSSR count). The summed E-state index contributed by atoms with van der Waals surface area (Å²) in [6.45, 7) is 0. The van der Waals surface area contributed by atoms with Gasteiger partial charge in [-0.15, -0.1) is 0 Å². The van der Waals surface area contributed by atoms with Gasteiger partial charge in [-0.3, -0.25) is 19.8 Å². The zero-order chi connectivity index (χ0) is 17.3. The molecule has 0 saturated heterocycles. The molecule has 9 heteroatoms. The van der Waals surface area contributed by atoms with E-state index in [0.29, 0.717) is 0 Å². The monoisotopic (exact) mass is 363 g/mol. The molecule has 0 radical (unpaired) electrons. The summed E-state index contributed by atoms with van der Waals surface area (Å²) in [7, 11) is -4.01. The van der Waals surface area contributed by atoms with Crippen molar-refractivity contribution in [1.29, 1.82) is 0 Å². The molecule has 24 heavy (non-hydrogen) atoms. The number of hydrogen-bond donors (Lipinski definition) is 1. The SMILES string of the molecule is O=[N+]([O-])c1cc(S(=O)(=O)Nc2cnc3ccccc3c2)ccc1Cl. The average Bonchev–Trinajstić information content (AvgIpc) is 2.54. The number of nitrogens with one attached hydrogen (secondary N) is 1. The minimum Gasteiger partial charge on any atom is -0.278 e. The van der Waals surface area contributed by atoms with Crippen LogP contribution in [0.4, 0.5) is 11.4 Å². The maximum Gasteiger partial charge on any atom is 0.289 e. The summed E-state index contributed by atoms with van der Waals surface area (Å²) < 4.78 is 27.2. The van der Waals surface area contributed by atoms with Crippen LogP contribution in [-0.4, -0.2) is 18.3 Å². The van der Waals surface area contributed by atoms with Crippen LogP contribution in [0, 0.1) is 10.1 Å². The van der Waals surface area contributed by atoms with Gasteiger partial charge in [0.2, 0.25) is 0 Å². The zero-order valence-corrected chi connectivity index (χ0v) is 13.6. The molecule has 1 N–H and O–H groups in total. The Balaban J connectivity index is 1.98. The smallest absolute Gasteiger partial charge is 0.278 e. The van der Waals surface area contributed by atoms with Gasteiger partial charge in [0.05, 0.1) is 27.2 Å². The van der Waals surface area contributed by atoms with Gasteiger partial charge >= 0.3 is 0 Å². The van der Waals surface area contributed by atoms with Gasteiger partial charge < -0.3 is 0 Å². The number of anilines is 1. The number of nitro benzene ring substituents is 1. The van der Waals surface area contributed by atoms with Gasteiger partial charge in [-0.25, -0.2) is 8.42 Å². The number of nitrogens with zero attached hydrogens (tertiary/aromatic N) is 2. The van der Waals surface area contributed by atoms with Crippen molar-refractivity contribution in [2.45, 2.75) is 4.90 Å². The molecule has 1 aromatic heterocycles. The molecule has 0 amide bonds. The summed E-state index contributed by atoms with van der Waals surface area (Å²) in [5.41, 5.74) is 0.505. The summed E-state index contributed by atoms with van der Waals surface area (Å²) in [5, 5.41) is 11.5. The number of fused-ring (bicyclic) bond motifs is 1. The first-order valence-electron chi connectivity index (χ1n) is 6.68. The molecule has 0 saturated carbocycles. The second-order valence-electron chi connectivity index (χ2n) is 4.89. The molecule has 122 valence electrons. The fourth-order valence-electron chi connectivity index (χ4n) is 2.14. The van der Waals surface area contributed by atoms with Gasteiger partial charge in [0.1, 0.15) is 5.02 Å². The van der Waals surface area contributed by atoms with Crippen LogP contribution in [0.25, 0.3) is 10.9 Å². The fraction of sp³-hybridized carbons (Fsp3) is 0. The van der Waals surface area contributed by atoms with E-state index in [1.807, 2.05) is 12.1 Å². The van der Waals surface area contributed by atoms with E-state index in [2.05, 4.69) is 9.71 Å². The van der Waals surface area contributed by atoms with Crippen molar-refractivity contribution in [3.05, 3.63) is 69.9 Å². The molecule has 2 aromatic carbocycles. The molecule has 0 fully saturated rings. The minimum absolute atomic E-state index is 0.133. The van der Waals surface area contributed by atoms with E-state index in [9.17, 15) is 18.5 Å². The van der Waals surface area contributed by atoms with Crippen LogP contribution in [0.1, 0.15) is 0 Å². The molecule has 0 aliphatic rings. The van der Waals surface area contributed by atoms with Crippen molar-refractivity contribution in [3.8, 4) is 0 Å². The standard InChI is InChI=1S/C15H10ClN3O4S/c16-13-6-5-12(8-15(13)19(20)21)24(22,23)18-11-7-10-3-1-2-4-14(10)17-9-11/h1-9,18H. The Hall–Kier alpha value is -2.71. The normalized spacial score (nSPS) is 11.4. The lowest BCUT2D eigenvalue weighted by Crippen LogP contribution is -2.13. The van der Waals surface area contributed by atoms with Gasteiger partial charge in [0.25, 0.3) is 15.7 Å². The highest BCUT2D eigenvalue weighted by Crippen LogP contribution is 2.28. The van der Waals surface area contributed by atoms with E-state index >= 15 is 0 Å². The maximum absolute atomic E-state index is 12.4. The lowest BCUT2D eigenvalue weighted by molar-refractivity contribution is -0.384. The number of para-hydroxylation sites is 1. The van der Waals surface area contributed by atoms with Crippen LogP contribution in [0.5, 0.6) is 0 Å². The molecule has 7 nitrogen and oxygen atoms in total. The first kappa shape index (κ1) is 16.2. The van der Waals surface area contributed by atoms with E-state index in [4.69, 9.17) is 11.6 Å². The molecular weight excluding hydrogens is 354 g/mol. The third-order valence-electron chi connectivity index (χ3n) is 3.27. The number of sulfonamides is 1. The second-order valence-corrected chi connectivity index (χ2v) is 6.98. The third-order valence-corrected chi connectivity index (χ3v) is 4.97. The Kier molecular flexibility index (Phi) is 4.08. The van der Waals surface area contributed by atoms with Crippen LogP contribution >= 0.6 is 11.6 Å². The number of halogens is 1. The van der Waals surface area contributed by atoms with Gasteiger partial charge in [-0.2, -0.15) is 0 Å². The second kappa shape index (κ2) is 6.06. The zero-order valence-electron chi connectivity index (χ0n) is 12.0. The number of hydrogen-bond acceptors (Lipinski definition) is 5. The summed E-state index contributed by atoms with van der Waals surface area (Å²) in [4.78, 5) is 14.1. The van der Waals surface area contributed by atoms with Crippen molar-refractivity contribution in [2.75, 3.05) is 4.72 Å². The van der Waals surface area contributed by atoms with Crippen molar-refractivity contribution < 1.29 is 13.3 Å². The largest absolute Gasteiger partial charge is 0.289 e. The van der Waals surface area contributed by atoms with Crippen molar-refractivity contribution >= 4 is 43.9 Å². The number of aromatic nitrogens is 1. The fourth-order valence-corrected chi connectivity index (χ4v) is 3.38. The number of nitro groups is 1. The highest BCUT2D eigenvalue weighted by Gasteiger charge is 2.21. The number of rotatable bonds is 4. The molecule has 1 heterocycles. The van der Waals surface area contributed by atoms with E-state index in [0.717, 1.165) is 17.0 Å². The minimum atomic E-state index is -4.01. The van der Waals surface area contributed by atoms with Gasteiger partial charge in [0, 0.05) is 11.5 Å². The van der Waals surface area contributed by atoms with E-state index in [-0.39, 0.29) is 15.6 Å². The highest BCUT2D eigenvalue weighted by atomic mass is 35.5. The lowest BCUT2D eigenvalue weighted by Gasteiger charge is -2.09. The molecule has 3 aromatic rings. The number of pyridine rings is 1. The number of benzene rings is 2. The molecule has 0 aliphatic carbocycles. The molecule has 0 spiro atoms. The van der Waals surface area contributed by atoms with Crippen LogP contribution < -0.4 is 4.72 Å². The van der Waals surface area contributed by atoms with Crippen molar-refractivity contribution in [3.63, 3.8) is 0 Å². The Morgan fingerprint density at radius 1 is 1.12 bits per heavy atom. The summed E-state index contributed by atoms with van der Waals surface area (Å²) in [6, 6.07) is 12.2. The average molecular weight is 364 g/mol. The van der Waals surface area contributed by atoms with Gasteiger partial charge in [-0.05, 0) is 24.3 Å². The summed E-state index contributed by atoms with van der Waals surface area (Å²) in [5.74, 6) is 0. The Labute approximate surface area is 142 Å². The maximum atomic E-state index is 12.4. The predicted molar refractivity (Wildman–Crippen MR) is 90.7 cm³/mol. The molecule has 0 atom stereocenters. The summed E-state index contributed by atoms with van der Waals surface area (Å²) >= 11 is 5.70. The van der Waals surface area contributed by atoms with E-state index in [1.54, 1.807) is 18.2 Å². The Morgan fingerprint density at radius 3 is 2.62 bits per heavy atom. The van der Waals surface area contributed by atoms with Crippen LogP contribution in [-0.2, 0) is 10.0 Å². The van der Waals surface area contributed by atoms with Gasteiger partial charge in [0.15, 0.2) is 0 Å². The molecule has 0 unspecified atom stereocenters. The topological polar surface area (TPSA) is 102 Å². The van der Waals surface area contributed by atoms with E-state index in [1.165, 1.54) is 18.3 Å². The van der Waals surface area contributed by atoms with Crippen LogP contribution in [0.3, 0.4) is 0 Å². The highest BCUT2D eigenvalue weighted by molar-refractivity contribution is 7.92. The quantitative estimate of drug-likeness (QED) is 0.563. The lowest BCUT2D eigenvalue weighted by atomic mass is 10.2. The molecule has 0 bridgehead atoms. The Morgan fingerprint density at radius 2 is 1.88 bits per heavy atom. The molecular formula is C15H10ClN3O4S.